The molecule has 1 aromatic rings. The third-order valence-corrected chi connectivity index (χ3v) is 4.38. The molecule has 1 aliphatic rings. The van der Waals surface area contributed by atoms with Crippen LogP contribution in [-0.2, 0) is 15.0 Å². The van der Waals surface area contributed by atoms with E-state index in [9.17, 15) is 9.59 Å². The molecule has 1 fully saturated rings. The Morgan fingerprint density at radius 1 is 0.957 bits per heavy atom. The first-order valence-corrected chi connectivity index (χ1v) is 8.59. The van der Waals surface area contributed by atoms with Crippen molar-refractivity contribution in [3.05, 3.63) is 29.8 Å². The maximum absolute atomic E-state index is 12.2. The van der Waals surface area contributed by atoms with Crippen molar-refractivity contribution in [2.24, 2.45) is 0 Å². The predicted molar refractivity (Wildman–Crippen MR) is 93.4 cm³/mol. The quantitative estimate of drug-likeness (QED) is 0.644. The maximum atomic E-state index is 12.2. The Labute approximate surface area is 139 Å². The molecule has 0 bridgehead atoms. The number of nitrogens with one attached hydrogen (secondary N) is 2. The molecule has 0 saturated heterocycles. The molecule has 0 spiro atoms. The Kier molecular flexibility index (Phi) is 5.80. The molecule has 0 atom stereocenters. The first kappa shape index (κ1) is 17.5. The van der Waals surface area contributed by atoms with Crippen LogP contribution in [0, 0.1) is 0 Å². The van der Waals surface area contributed by atoms with Gasteiger partial charge in [-0.15, -0.1) is 0 Å². The second kappa shape index (κ2) is 7.62. The minimum absolute atomic E-state index is 0.0956. The van der Waals surface area contributed by atoms with E-state index in [1.807, 2.05) is 24.3 Å². The molecule has 0 aliphatic heterocycles. The lowest BCUT2D eigenvalue weighted by molar-refractivity contribution is -0.136. The molecule has 2 amide bonds. The van der Waals surface area contributed by atoms with Crippen LogP contribution in [0.1, 0.15) is 64.9 Å². The third kappa shape index (κ3) is 5.08. The number of hydrogen-bond donors (Lipinski definition) is 2. The van der Waals surface area contributed by atoms with Gasteiger partial charge in [0.25, 0.3) is 0 Å². The Morgan fingerprint density at radius 2 is 1.57 bits per heavy atom. The van der Waals surface area contributed by atoms with E-state index < -0.39 is 11.8 Å². The van der Waals surface area contributed by atoms with E-state index in [-0.39, 0.29) is 11.5 Å². The molecule has 4 heteroatoms. The second-order valence-electron chi connectivity index (χ2n) is 7.41. The van der Waals surface area contributed by atoms with Gasteiger partial charge in [0, 0.05) is 11.7 Å². The fraction of sp³-hybridized carbons (Fsp3) is 0.579. The molecule has 2 N–H and O–H groups in total. The van der Waals surface area contributed by atoms with Gasteiger partial charge in [0.1, 0.15) is 0 Å². The van der Waals surface area contributed by atoms with Crippen molar-refractivity contribution in [1.82, 2.24) is 5.32 Å². The van der Waals surface area contributed by atoms with Gasteiger partial charge in [0.2, 0.25) is 0 Å². The van der Waals surface area contributed by atoms with Gasteiger partial charge in [-0.1, -0.05) is 64.7 Å². The number of benzene rings is 1. The van der Waals surface area contributed by atoms with E-state index >= 15 is 0 Å². The maximum Gasteiger partial charge on any atom is 0.313 e. The topological polar surface area (TPSA) is 58.2 Å². The molecule has 4 nitrogen and oxygen atoms in total. The van der Waals surface area contributed by atoms with Gasteiger partial charge in [-0.05, 0) is 29.9 Å². The van der Waals surface area contributed by atoms with E-state index in [1.165, 1.54) is 12.8 Å². The summed E-state index contributed by atoms with van der Waals surface area (Å²) in [5.41, 5.74) is 1.64. The number of rotatable bonds is 2. The smallest absolute Gasteiger partial charge is 0.313 e. The number of carbonyl (C=O) groups is 2. The first-order chi connectivity index (χ1) is 10.9. The van der Waals surface area contributed by atoms with Crippen LogP contribution in [0.25, 0.3) is 0 Å². The lowest BCUT2D eigenvalue weighted by Gasteiger charge is -2.23. The van der Waals surface area contributed by atoms with Crippen molar-refractivity contribution in [2.45, 2.75) is 70.8 Å². The van der Waals surface area contributed by atoms with Crippen LogP contribution < -0.4 is 10.6 Å². The summed E-state index contributed by atoms with van der Waals surface area (Å²) in [6, 6.07) is 7.78. The fourth-order valence-corrected chi connectivity index (χ4v) is 3.10. The molecule has 2 rings (SSSR count). The molecule has 1 aromatic carbocycles. The molecule has 0 aromatic heterocycles. The van der Waals surface area contributed by atoms with Crippen LogP contribution in [0.5, 0.6) is 0 Å². The van der Waals surface area contributed by atoms with E-state index in [0.29, 0.717) is 5.69 Å². The average molecular weight is 316 g/mol. The van der Waals surface area contributed by atoms with Gasteiger partial charge in [-0.3, -0.25) is 9.59 Å². The summed E-state index contributed by atoms with van der Waals surface area (Å²) in [6.07, 6.45) is 6.63. The highest BCUT2D eigenvalue weighted by molar-refractivity contribution is 6.39. The van der Waals surface area contributed by atoms with Crippen LogP contribution in [0.15, 0.2) is 24.3 Å². The van der Waals surface area contributed by atoms with Gasteiger partial charge in [0.05, 0.1) is 0 Å². The van der Waals surface area contributed by atoms with Crippen molar-refractivity contribution in [3.63, 3.8) is 0 Å². The molecule has 1 saturated carbocycles. The lowest BCUT2D eigenvalue weighted by Crippen LogP contribution is -2.41. The summed E-state index contributed by atoms with van der Waals surface area (Å²) >= 11 is 0. The molecule has 23 heavy (non-hydrogen) atoms. The summed E-state index contributed by atoms with van der Waals surface area (Å²) in [7, 11) is 0. The molecular weight excluding hydrogens is 288 g/mol. The summed E-state index contributed by atoms with van der Waals surface area (Å²) in [6.45, 7) is 6.26. The van der Waals surface area contributed by atoms with Gasteiger partial charge in [-0.2, -0.15) is 0 Å². The van der Waals surface area contributed by atoms with Crippen LogP contribution in [-0.4, -0.2) is 17.9 Å². The highest BCUT2D eigenvalue weighted by atomic mass is 16.2. The summed E-state index contributed by atoms with van der Waals surface area (Å²) in [4.78, 5) is 24.4. The van der Waals surface area contributed by atoms with Crippen molar-refractivity contribution in [2.75, 3.05) is 5.32 Å². The van der Waals surface area contributed by atoms with Crippen molar-refractivity contribution in [3.8, 4) is 0 Å². The van der Waals surface area contributed by atoms with Gasteiger partial charge in [-0.25, -0.2) is 0 Å². The van der Waals surface area contributed by atoms with E-state index in [4.69, 9.17) is 0 Å². The minimum atomic E-state index is -0.578. The van der Waals surface area contributed by atoms with Crippen LogP contribution in [0.3, 0.4) is 0 Å². The first-order valence-electron chi connectivity index (χ1n) is 8.59. The van der Waals surface area contributed by atoms with Gasteiger partial charge < -0.3 is 10.6 Å². The normalized spacial score (nSPS) is 16.5. The van der Waals surface area contributed by atoms with Crippen molar-refractivity contribution >= 4 is 17.5 Å². The van der Waals surface area contributed by atoms with Gasteiger partial charge >= 0.3 is 11.8 Å². The minimum Gasteiger partial charge on any atom is -0.345 e. The van der Waals surface area contributed by atoms with Gasteiger partial charge in [0.15, 0.2) is 0 Å². The fourth-order valence-electron chi connectivity index (χ4n) is 3.10. The van der Waals surface area contributed by atoms with E-state index in [0.717, 1.165) is 31.2 Å². The highest BCUT2D eigenvalue weighted by Crippen LogP contribution is 2.29. The third-order valence-electron chi connectivity index (χ3n) is 4.38. The number of carbonyl (C=O) groups excluding carboxylic acids is 2. The van der Waals surface area contributed by atoms with E-state index in [2.05, 4.69) is 31.4 Å². The SMILES string of the molecule is CC(C)(C)c1ccccc1NC(=O)C(=O)NC1CCCCCC1. The Bertz CT molecular complexity index is 553. The summed E-state index contributed by atoms with van der Waals surface area (Å²) in [5.74, 6) is -1.11. The second-order valence-corrected chi connectivity index (χ2v) is 7.41. The van der Waals surface area contributed by atoms with Crippen molar-refractivity contribution in [1.29, 1.82) is 0 Å². The van der Waals surface area contributed by atoms with E-state index in [1.54, 1.807) is 0 Å². The molecule has 0 heterocycles. The summed E-state index contributed by atoms with van der Waals surface area (Å²) < 4.78 is 0. The monoisotopic (exact) mass is 316 g/mol. The Morgan fingerprint density at radius 3 is 2.17 bits per heavy atom. The average Bonchev–Trinajstić information content (AvgIpc) is 2.75. The zero-order chi connectivity index (χ0) is 16.9. The zero-order valence-corrected chi connectivity index (χ0v) is 14.4. The Hall–Kier alpha value is -1.84. The number of hydrogen-bond acceptors (Lipinski definition) is 2. The Balaban J connectivity index is 2.00. The largest absolute Gasteiger partial charge is 0.345 e. The molecule has 0 unspecified atom stereocenters. The molecular formula is C19H28N2O2. The number of para-hydroxylation sites is 1. The molecule has 126 valence electrons. The lowest BCUT2D eigenvalue weighted by atomic mass is 9.86. The molecule has 0 radical (unpaired) electrons. The number of amides is 2. The molecule has 1 aliphatic carbocycles. The van der Waals surface area contributed by atoms with Crippen molar-refractivity contribution < 1.29 is 9.59 Å². The predicted octanol–water partition coefficient (Wildman–Crippen LogP) is 3.76. The van der Waals surface area contributed by atoms with Crippen LogP contribution in [0.2, 0.25) is 0 Å². The standard InChI is InChI=1S/C19H28N2O2/c1-19(2,3)15-12-8-9-13-16(15)21-18(23)17(22)20-14-10-6-4-5-7-11-14/h8-9,12-14H,4-7,10-11H2,1-3H3,(H,20,22)(H,21,23). The summed E-state index contributed by atoms with van der Waals surface area (Å²) in [5, 5.41) is 5.66. The van der Waals surface area contributed by atoms with Crippen LogP contribution >= 0.6 is 0 Å². The zero-order valence-electron chi connectivity index (χ0n) is 14.4. The number of anilines is 1. The highest BCUT2D eigenvalue weighted by Gasteiger charge is 2.23. The van der Waals surface area contributed by atoms with Crippen LogP contribution in [0.4, 0.5) is 5.69 Å².